The zero-order valence-electron chi connectivity index (χ0n) is 7.64. The molecule has 0 saturated heterocycles. The van der Waals surface area contributed by atoms with Gasteiger partial charge in [-0.3, -0.25) is 4.99 Å². The zero-order chi connectivity index (χ0) is 8.91. The van der Waals surface area contributed by atoms with Crippen molar-refractivity contribution in [2.45, 2.75) is 19.4 Å². The smallest absolute Gasteiger partial charge is 0.188 e. The van der Waals surface area contributed by atoms with E-state index in [1.54, 1.807) is 14.2 Å². The van der Waals surface area contributed by atoms with Gasteiger partial charge in [-0.15, -0.1) is 0 Å². The third-order valence-electron chi connectivity index (χ3n) is 1.21. The first-order valence-corrected chi connectivity index (χ1v) is 3.51. The van der Waals surface area contributed by atoms with E-state index in [2.05, 4.69) is 10.3 Å². The number of nitrogens with one attached hydrogen (secondary N) is 1. The van der Waals surface area contributed by atoms with Crippen LogP contribution in [-0.4, -0.2) is 32.3 Å². The molecular formula is C7H17N3O. The van der Waals surface area contributed by atoms with Crippen LogP contribution in [0, 0.1) is 0 Å². The van der Waals surface area contributed by atoms with Gasteiger partial charge in [0, 0.05) is 14.2 Å². The molecule has 66 valence electrons. The second-order valence-corrected chi connectivity index (χ2v) is 3.05. The van der Waals surface area contributed by atoms with E-state index in [4.69, 9.17) is 10.5 Å². The van der Waals surface area contributed by atoms with E-state index >= 15 is 0 Å². The van der Waals surface area contributed by atoms with Crippen LogP contribution in [-0.2, 0) is 4.74 Å². The molecule has 0 saturated carbocycles. The summed E-state index contributed by atoms with van der Waals surface area (Å²) in [6.45, 7) is 4.59. The molecule has 0 aromatic carbocycles. The average Bonchev–Trinajstić information content (AvgIpc) is 1.86. The van der Waals surface area contributed by atoms with E-state index in [-0.39, 0.29) is 5.54 Å². The van der Waals surface area contributed by atoms with Gasteiger partial charge < -0.3 is 15.8 Å². The van der Waals surface area contributed by atoms with Crippen molar-refractivity contribution < 1.29 is 4.74 Å². The topological polar surface area (TPSA) is 59.6 Å². The second-order valence-electron chi connectivity index (χ2n) is 3.05. The van der Waals surface area contributed by atoms with Gasteiger partial charge in [0.15, 0.2) is 5.96 Å². The Morgan fingerprint density at radius 2 is 2.18 bits per heavy atom. The van der Waals surface area contributed by atoms with Crippen molar-refractivity contribution >= 4 is 5.96 Å². The van der Waals surface area contributed by atoms with E-state index in [1.165, 1.54) is 0 Å². The van der Waals surface area contributed by atoms with Crippen molar-refractivity contribution in [2.24, 2.45) is 10.7 Å². The van der Waals surface area contributed by atoms with Gasteiger partial charge in [-0.05, 0) is 13.8 Å². The third kappa shape index (κ3) is 4.61. The first-order valence-electron chi connectivity index (χ1n) is 3.51. The molecule has 0 amide bonds. The Labute approximate surface area is 67.8 Å². The summed E-state index contributed by atoms with van der Waals surface area (Å²) in [5.74, 6) is 0.437. The predicted octanol–water partition coefficient (Wildman–Crippen LogP) is -0.0545. The van der Waals surface area contributed by atoms with E-state index < -0.39 is 0 Å². The monoisotopic (exact) mass is 159 g/mol. The highest BCUT2D eigenvalue weighted by molar-refractivity contribution is 5.78. The molecular weight excluding hydrogens is 142 g/mol. The maximum Gasteiger partial charge on any atom is 0.188 e. The number of hydrogen-bond donors (Lipinski definition) is 2. The van der Waals surface area contributed by atoms with Crippen LogP contribution in [0.15, 0.2) is 4.99 Å². The first kappa shape index (κ1) is 10.2. The predicted molar refractivity (Wildman–Crippen MR) is 46.6 cm³/mol. The lowest BCUT2D eigenvalue weighted by Gasteiger charge is -2.25. The fourth-order valence-electron chi connectivity index (χ4n) is 0.800. The number of guanidine groups is 1. The van der Waals surface area contributed by atoms with Crippen LogP contribution in [0.5, 0.6) is 0 Å². The number of nitrogens with two attached hydrogens (primary N) is 1. The second kappa shape index (κ2) is 4.18. The number of rotatable bonds is 3. The quantitative estimate of drug-likeness (QED) is 0.448. The van der Waals surface area contributed by atoms with Crippen molar-refractivity contribution in [3.63, 3.8) is 0 Å². The van der Waals surface area contributed by atoms with Gasteiger partial charge in [0.1, 0.15) is 0 Å². The molecule has 0 aliphatic heterocycles. The molecule has 0 atom stereocenters. The summed E-state index contributed by atoms with van der Waals surface area (Å²) in [5.41, 5.74) is 5.32. The highest BCUT2D eigenvalue weighted by atomic mass is 16.5. The van der Waals surface area contributed by atoms with Gasteiger partial charge in [0.2, 0.25) is 0 Å². The van der Waals surface area contributed by atoms with E-state index in [9.17, 15) is 0 Å². The lowest BCUT2D eigenvalue weighted by atomic mass is 10.1. The highest BCUT2D eigenvalue weighted by Crippen LogP contribution is 2.00. The van der Waals surface area contributed by atoms with Crippen molar-refractivity contribution in [3.8, 4) is 0 Å². The standard InChI is InChI=1S/C7H17N3O/c1-7(2,5-11-4)10-6(8)9-3/h5H2,1-4H3,(H3,8,9,10). The number of hydrogen-bond acceptors (Lipinski definition) is 2. The summed E-state index contributed by atoms with van der Waals surface area (Å²) in [7, 11) is 3.30. The molecule has 0 radical (unpaired) electrons. The van der Waals surface area contributed by atoms with Crippen LogP contribution in [0.1, 0.15) is 13.8 Å². The molecule has 3 N–H and O–H groups in total. The molecule has 0 aliphatic carbocycles. The van der Waals surface area contributed by atoms with Gasteiger partial charge in [0.05, 0.1) is 12.1 Å². The van der Waals surface area contributed by atoms with Gasteiger partial charge in [-0.25, -0.2) is 0 Å². The molecule has 0 heterocycles. The molecule has 0 aromatic rings. The molecule has 0 unspecified atom stereocenters. The van der Waals surface area contributed by atoms with E-state index in [0.29, 0.717) is 12.6 Å². The van der Waals surface area contributed by atoms with Crippen molar-refractivity contribution in [1.82, 2.24) is 5.32 Å². The van der Waals surface area contributed by atoms with Crippen LogP contribution < -0.4 is 11.1 Å². The summed E-state index contributed by atoms with van der Waals surface area (Å²) in [5, 5.41) is 3.01. The summed E-state index contributed by atoms with van der Waals surface area (Å²) in [4.78, 5) is 3.78. The largest absolute Gasteiger partial charge is 0.382 e. The van der Waals surface area contributed by atoms with Gasteiger partial charge >= 0.3 is 0 Å². The molecule has 4 nitrogen and oxygen atoms in total. The number of aliphatic imine (C=N–C) groups is 1. The Morgan fingerprint density at radius 1 is 1.64 bits per heavy atom. The lowest BCUT2D eigenvalue weighted by molar-refractivity contribution is 0.139. The van der Waals surface area contributed by atoms with Gasteiger partial charge in [-0.2, -0.15) is 0 Å². The normalized spacial score (nSPS) is 13.3. The maximum absolute atomic E-state index is 5.47. The fraction of sp³-hybridized carbons (Fsp3) is 0.857. The summed E-state index contributed by atoms with van der Waals surface area (Å²) in [6, 6.07) is 0. The van der Waals surface area contributed by atoms with Crippen molar-refractivity contribution in [2.75, 3.05) is 20.8 Å². The van der Waals surface area contributed by atoms with E-state index in [1.807, 2.05) is 13.8 Å². The molecule has 11 heavy (non-hydrogen) atoms. The summed E-state index contributed by atoms with van der Waals surface area (Å²) < 4.78 is 4.98. The number of methoxy groups -OCH3 is 1. The third-order valence-corrected chi connectivity index (χ3v) is 1.21. The fourth-order valence-corrected chi connectivity index (χ4v) is 0.800. The van der Waals surface area contributed by atoms with Crippen molar-refractivity contribution in [1.29, 1.82) is 0 Å². The van der Waals surface area contributed by atoms with Crippen LogP contribution in [0.2, 0.25) is 0 Å². The maximum atomic E-state index is 5.47. The molecule has 0 aromatic heterocycles. The lowest BCUT2D eigenvalue weighted by Crippen LogP contribution is -2.49. The average molecular weight is 159 g/mol. The zero-order valence-corrected chi connectivity index (χ0v) is 7.64. The van der Waals surface area contributed by atoms with E-state index in [0.717, 1.165) is 0 Å². The Bertz CT molecular complexity index is 143. The van der Waals surface area contributed by atoms with Crippen LogP contribution in [0.3, 0.4) is 0 Å². The van der Waals surface area contributed by atoms with Crippen molar-refractivity contribution in [3.05, 3.63) is 0 Å². The minimum atomic E-state index is -0.154. The molecule has 0 fully saturated rings. The van der Waals surface area contributed by atoms with Crippen LogP contribution >= 0.6 is 0 Å². The molecule has 0 bridgehead atoms. The van der Waals surface area contributed by atoms with Crippen LogP contribution in [0.25, 0.3) is 0 Å². The molecule has 4 heteroatoms. The first-order chi connectivity index (χ1) is 5.02. The SMILES string of the molecule is CN=C(N)NC(C)(C)COC. The van der Waals surface area contributed by atoms with Gasteiger partial charge in [-0.1, -0.05) is 0 Å². The summed E-state index contributed by atoms with van der Waals surface area (Å²) >= 11 is 0. The minimum absolute atomic E-state index is 0.154. The Balaban J connectivity index is 3.90. The van der Waals surface area contributed by atoms with Gasteiger partial charge in [0.25, 0.3) is 0 Å². The highest BCUT2D eigenvalue weighted by Gasteiger charge is 2.16. The molecule has 0 rings (SSSR count). The van der Waals surface area contributed by atoms with Crippen LogP contribution in [0.4, 0.5) is 0 Å². The minimum Gasteiger partial charge on any atom is -0.382 e. The summed E-state index contributed by atoms with van der Waals surface area (Å²) in [6.07, 6.45) is 0. The Kier molecular flexibility index (Phi) is 3.89. The number of nitrogens with zero attached hydrogens (tertiary/aromatic N) is 1. The molecule has 0 spiro atoms. The molecule has 0 aliphatic rings. The number of ether oxygens (including phenoxy) is 1. The Morgan fingerprint density at radius 3 is 2.55 bits per heavy atom. The Hall–Kier alpha value is -0.770.